The van der Waals surface area contributed by atoms with Crippen molar-refractivity contribution >= 4 is 34.7 Å². The molecule has 2 aromatic heterocycles. The van der Waals surface area contributed by atoms with Crippen molar-refractivity contribution in [3.05, 3.63) is 28.5 Å². The van der Waals surface area contributed by atoms with Crippen molar-refractivity contribution in [1.29, 1.82) is 0 Å². The molecule has 0 atom stereocenters. The van der Waals surface area contributed by atoms with Crippen LogP contribution in [0.15, 0.2) is 28.7 Å². The van der Waals surface area contributed by atoms with Gasteiger partial charge in [-0.25, -0.2) is 15.8 Å². The summed E-state index contributed by atoms with van der Waals surface area (Å²) >= 11 is 3.26. The monoisotopic (exact) mass is 309 g/mol. The first-order valence-corrected chi connectivity index (χ1v) is 8.33. The van der Waals surface area contributed by atoms with E-state index in [1.54, 1.807) is 11.3 Å². The molecule has 0 aliphatic rings. The van der Waals surface area contributed by atoms with E-state index in [-0.39, 0.29) is 5.41 Å². The van der Waals surface area contributed by atoms with Gasteiger partial charge in [-0.15, -0.1) is 11.3 Å². The minimum absolute atomic E-state index is 0.0505. The van der Waals surface area contributed by atoms with Gasteiger partial charge in [-0.1, -0.05) is 31.7 Å². The third-order valence-corrected chi connectivity index (χ3v) is 4.72. The van der Waals surface area contributed by atoms with Crippen LogP contribution in [0.2, 0.25) is 0 Å². The zero-order chi connectivity index (χ0) is 14.6. The molecule has 0 saturated heterocycles. The number of nitrogen functional groups attached to an aromatic ring is 1. The molecule has 108 valence electrons. The van der Waals surface area contributed by atoms with Crippen LogP contribution in [0, 0.1) is 0 Å². The fourth-order valence-corrected chi connectivity index (χ4v) is 2.97. The lowest BCUT2D eigenvalue weighted by atomic mass is 9.91. The number of thioether (sulfide) groups is 1. The van der Waals surface area contributed by atoms with E-state index >= 15 is 0 Å². The maximum absolute atomic E-state index is 5.43. The van der Waals surface area contributed by atoms with Crippen LogP contribution in [-0.2, 0) is 5.41 Å². The van der Waals surface area contributed by atoms with Gasteiger partial charge >= 0.3 is 0 Å². The largest absolute Gasteiger partial charge is 0.369 e. The molecule has 0 amide bonds. The van der Waals surface area contributed by atoms with Gasteiger partial charge in [-0.3, -0.25) is 0 Å². The minimum Gasteiger partial charge on any atom is -0.369 e. The van der Waals surface area contributed by atoms with Gasteiger partial charge in [0.15, 0.2) is 5.16 Å². The molecule has 0 aliphatic heterocycles. The molecule has 0 unspecified atom stereocenters. The number of aromatic nitrogens is 2. The average molecular weight is 309 g/mol. The highest BCUT2D eigenvalue weighted by Crippen LogP contribution is 2.28. The number of rotatable bonds is 6. The van der Waals surface area contributed by atoms with E-state index in [0.29, 0.717) is 11.0 Å². The van der Waals surface area contributed by atoms with E-state index in [1.165, 1.54) is 16.6 Å². The predicted molar refractivity (Wildman–Crippen MR) is 87.5 cm³/mol. The molecule has 0 fully saturated rings. The summed E-state index contributed by atoms with van der Waals surface area (Å²) in [6.07, 6.45) is 1.94. The van der Waals surface area contributed by atoms with Gasteiger partial charge in [0.2, 0.25) is 0 Å². The van der Waals surface area contributed by atoms with Crippen LogP contribution >= 0.6 is 23.1 Å². The van der Waals surface area contributed by atoms with Gasteiger partial charge in [0.05, 0.1) is 0 Å². The lowest BCUT2D eigenvalue weighted by Crippen LogP contribution is -2.27. The summed E-state index contributed by atoms with van der Waals surface area (Å²) in [7, 11) is 0. The standard InChI is InChI=1S/C13H19N5S2/c1-13(2,9-5-4-6-20-9)8-15-10-7-11(18-14)17-12(16-10)19-3/h4-7H,8,14H2,1-3H3,(H2,15,16,17,18). The molecule has 0 aromatic carbocycles. The molecule has 0 radical (unpaired) electrons. The maximum Gasteiger partial charge on any atom is 0.191 e. The van der Waals surface area contributed by atoms with Crippen LogP contribution in [0.5, 0.6) is 0 Å². The van der Waals surface area contributed by atoms with Gasteiger partial charge < -0.3 is 10.7 Å². The molecule has 5 nitrogen and oxygen atoms in total. The zero-order valence-corrected chi connectivity index (χ0v) is 13.4. The predicted octanol–water partition coefficient (Wildman–Crippen LogP) is 2.94. The van der Waals surface area contributed by atoms with E-state index in [1.807, 2.05) is 12.3 Å². The van der Waals surface area contributed by atoms with Gasteiger partial charge in [-0.2, -0.15) is 0 Å². The Kier molecular flexibility index (Phi) is 4.85. The Labute approximate surface area is 127 Å². The third-order valence-electron chi connectivity index (χ3n) is 2.94. The Hall–Kier alpha value is -1.31. The Bertz CT molecular complexity index is 532. The summed E-state index contributed by atoms with van der Waals surface area (Å²) in [5.74, 6) is 6.82. The van der Waals surface area contributed by atoms with E-state index in [2.05, 4.69) is 52.1 Å². The topological polar surface area (TPSA) is 75.9 Å². The van der Waals surface area contributed by atoms with Crippen molar-refractivity contribution in [1.82, 2.24) is 9.97 Å². The molecule has 2 aromatic rings. The fraction of sp³-hybridized carbons (Fsp3) is 0.385. The number of thiophene rings is 1. The second kappa shape index (κ2) is 6.43. The summed E-state index contributed by atoms with van der Waals surface area (Å²) < 4.78 is 0. The number of hydrogen-bond donors (Lipinski definition) is 3. The Morgan fingerprint density at radius 2 is 2.10 bits per heavy atom. The van der Waals surface area contributed by atoms with Crippen LogP contribution in [0.25, 0.3) is 0 Å². The summed E-state index contributed by atoms with van der Waals surface area (Å²) in [5, 5.41) is 6.16. The molecule has 4 N–H and O–H groups in total. The van der Waals surface area contributed by atoms with Crippen LogP contribution in [0.3, 0.4) is 0 Å². The molecular formula is C13H19N5S2. The van der Waals surface area contributed by atoms with Crippen molar-refractivity contribution in [2.24, 2.45) is 5.84 Å². The minimum atomic E-state index is 0.0505. The smallest absolute Gasteiger partial charge is 0.191 e. The quantitative estimate of drug-likeness (QED) is 0.330. The molecule has 20 heavy (non-hydrogen) atoms. The van der Waals surface area contributed by atoms with Gasteiger partial charge in [-0.05, 0) is 17.7 Å². The van der Waals surface area contributed by atoms with E-state index in [0.717, 1.165) is 12.4 Å². The van der Waals surface area contributed by atoms with Gasteiger partial charge in [0.1, 0.15) is 11.6 Å². The van der Waals surface area contributed by atoms with Crippen LogP contribution in [0.1, 0.15) is 18.7 Å². The van der Waals surface area contributed by atoms with Gasteiger partial charge in [0.25, 0.3) is 0 Å². The van der Waals surface area contributed by atoms with E-state index in [9.17, 15) is 0 Å². The SMILES string of the molecule is CSc1nc(NN)cc(NCC(C)(C)c2cccs2)n1. The van der Waals surface area contributed by atoms with Crippen molar-refractivity contribution in [2.45, 2.75) is 24.4 Å². The zero-order valence-electron chi connectivity index (χ0n) is 11.8. The number of nitrogens with two attached hydrogens (primary N) is 1. The van der Waals surface area contributed by atoms with Crippen LogP contribution < -0.4 is 16.6 Å². The Morgan fingerprint density at radius 1 is 1.35 bits per heavy atom. The van der Waals surface area contributed by atoms with Crippen molar-refractivity contribution in [3.63, 3.8) is 0 Å². The average Bonchev–Trinajstić information content (AvgIpc) is 3.00. The van der Waals surface area contributed by atoms with Gasteiger partial charge in [0, 0.05) is 22.9 Å². The number of hydrogen-bond acceptors (Lipinski definition) is 7. The summed E-state index contributed by atoms with van der Waals surface area (Å²) in [6, 6.07) is 6.05. The first kappa shape index (κ1) is 15.1. The van der Waals surface area contributed by atoms with E-state index in [4.69, 9.17) is 5.84 Å². The summed E-state index contributed by atoms with van der Waals surface area (Å²) in [4.78, 5) is 10.0. The normalized spacial score (nSPS) is 11.4. The number of anilines is 2. The summed E-state index contributed by atoms with van der Waals surface area (Å²) in [5.41, 5.74) is 2.61. The van der Waals surface area contributed by atoms with Crippen LogP contribution in [-0.4, -0.2) is 22.8 Å². The lowest BCUT2D eigenvalue weighted by molar-refractivity contribution is 0.568. The molecule has 2 rings (SSSR count). The molecule has 2 heterocycles. The molecule has 0 spiro atoms. The molecule has 0 aliphatic carbocycles. The highest BCUT2D eigenvalue weighted by Gasteiger charge is 2.21. The molecule has 0 bridgehead atoms. The first-order valence-electron chi connectivity index (χ1n) is 6.23. The Morgan fingerprint density at radius 3 is 2.70 bits per heavy atom. The first-order chi connectivity index (χ1) is 9.55. The second-order valence-corrected chi connectivity index (χ2v) is 6.71. The van der Waals surface area contributed by atoms with Crippen molar-refractivity contribution in [3.8, 4) is 0 Å². The molecule has 7 heteroatoms. The summed E-state index contributed by atoms with van der Waals surface area (Å²) in [6.45, 7) is 5.22. The van der Waals surface area contributed by atoms with E-state index < -0.39 is 0 Å². The van der Waals surface area contributed by atoms with Crippen molar-refractivity contribution < 1.29 is 0 Å². The fourth-order valence-electron chi connectivity index (χ4n) is 1.74. The third kappa shape index (κ3) is 3.62. The maximum atomic E-state index is 5.43. The molecule has 0 saturated carbocycles. The number of hydrazine groups is 1. The Balaban J connectivity index is 2.10. The molecular weight excluding hydrogens is 290 g/mol. The lowest BCUT2D eigenvalue weighted by Gasteiger charge is -2.24. The number of nitrogens with one attached hydrogen (secondary N) is 2. The number of nitrogens with zero attached hydrogens (tertiary/aromatic N) is 2. The highest BCUT2D eigenvalue weighted by atomic mass is 32.2. The highest BCUT2D eigenvalue weighted by molar-refractivity contribution is 7.98. The van der Waals surface area contributed by atoms with Crippen LogP contribution in [0.4, 0.5) is 11.6 Å². The van der Waals surface area contributed by atoms with Crippen molar-refractivity contribution in [2.75, 3.05) is 23.5 Å². The second-order valence-electron chi connectivity index (χ2n) is 4.98.